The number of halogens is 3. The van der Waals surface area contributed by atoms with Gasteiger partial charge in [0.25, 0.3) is 0 Å². The average Bonchev–Trinajstić information content (AvgIpc) is 2.35. The third-order valence-corrected chi connectivity index (χ3v) is 4.49. The molecule has 0 radical (unpaired) electrons. The molecule has 1 N–H and O–H groups in total. The second-order valence-corrected chi connectivity index (χ2v) is 5.98. The fraction of sp³-hybridized carbons (Fsp3) is 0.538. The van der Waals surface area contributed by atoms with E-state index in [1.165, 1.54) is 12.1 Å². The highest BCUT2D eigenvalue weighted by Gasteiger charge is 2.22. The minimum absolute atomic E-state index is 0.278. The maximum atomic E-state index is 13.6. The van der Waals surface area contributed by atoms with E-state index in [9.17, 15) is 13.2 Å². The summed E-state index contributed by atoms with van der Waals surface area (Å²) in [7, 11) is 0. The van der Waals surface area contributed by atoms with Gasteiger partial charge in [-0.25, -0.2) is 4.39 Å². The Balaban J connectivity index is 2.03. The van der Waals surface area contributed by atoms with Crippen molar-refractivity contribution in [3.05, 3.63) is 24.0 Å². The van der Waals surface area contributed by atoms with Crippen LogP contribution in [0.15, 0.2) is 18.2 Å². The van der Waals surface area contributed by atoms with Gasteiger partial charge in [-0.05, 0) is 30.7 Å². The lowest BCUT2D eigenvalue weighted by Crippen LogP contribution is -2.32. The van der Waals surface area contributed by atoms with E-state index in [1.54, 1.807) is 6.07 Å². The molecule has 0 amide bonds. The summed E-state index contributed by atoms with van der Waals surface area (Å²) < 4.78 is 41.7. The molecule has 106 valence electrons. The Morgan fingerprint density at radius 3 is 2.84 bits per heavy atom. The zero-order valence-corrected chi connectivity index (χ0v) is 11.4. The Hall–Kier alpha value is -1.04. The summed E-state index contributed by atoms with van der Waals surface area (Å²) in [5.74, 6) is -0.0532. The van der Waals surface area contributed by atoms with Gasteiger partial charge >= 0.3 is 6.61 Å². The van der Waals surface area contributed by atoms with Crippen LogP contribution in [-0.4, -0.2) is 23.7 Å². The monoisotopic (exact) mass is 291 g/mol. The van der Waals surface area contributed by atoms with Gasteiger partial charge in [-0.2, -0.15) is 20.5 Å². The third kappa shape index (κ3) is 3.96. The first kappa shape index (κ1) is 14.4. The molecule has 0 bridgehead atoms. The molecule has 0 saturated carbocycles. The van der Waals surface area contributed by atoms with Crippen LogP contribution < -0.4 is 10.1 Å². The molecule has 1 aromatic rings. The van der Waals surface area contributed by atoms with Crippen molar-refractivity contribution in [3.63, 3.8) is 0 Å². The van der Waals surface area contributed by atoms with Gasteiger partial charge in [0.05, 0.1) is 0 Å². The normalized spacial score (nSPS) is 23.4. The Bertz CT molecular complexity index is 430. The summed E-state index contributed by atoms with van der Waals surface area (Å²) in [5.41, 5.74) is 0.596. The van der Waals surface area contributed by atoms with Crippen LogP contribution in [0, 0.1) is 5.82 Å². The zero-order valence-electron chi connectivity index (χ0n) is 10.5. The van der Waals surface area contributed by atoms with Crippen molar-refractivity contribution in [1.82, 2.24) is 0 Å². The highest BCUT2D eigenvalue weighted by Crippen LogP contribution is 2.29. The number of rotatable bonds is 4. The van der Waals surface area contributed by atoms with Crippen molar-refractivity contribution in [3.8, 4) is 5.75 Å². The van der Waals surface area contributed by atoms with Crippen LogP contribution in [0.25, 0.3) is 0 Å². The lowest BCUT2D eigenvalue weighted by atomic mass is 10.1. The molecule has 1 heterocycles. The van der Waals surface area contributed by atoms with Crippen LogP contribution in [0.2, 0.25) is 0 Å². The minimum atomic E-state index is -3.01. The molecule has 0 aromatic heterocycles. The van der Waals surface area contributed by atoms with Crippen molar-refractivity contribution < 1.29 is 17.9 Å². The van der Waals surface area contributed by atoms with E-state index < -0.39 is 18.2 Å². The van der Waals surface area contributed by atoms with Gasteiger partial charge in [0, 0.05) is 23.0 Å². The van der Waals surface area contributed by atoms with E-state index in [2.05, 4.69) is 17.0 Å². The van der Waals surface area contributed by atoms with Crippen molar-refractivity contribution in [2.75, 3.05) is 11.1 Å². The summed E-state index contributed by atoms with van der Waals surface area (Å²) in [6.45, 7) is -0.880. The summed E-state index contributed by atoms with van der Waals surface area (Å²) in [5, 5.41) is 3.70. The Morgan fingerprint density at radius 2 is 2.21 bits per heavy atom. The van der Waals surface area contributed by atoms with Crippen molar-refractivity contribution in [2.45, 2.75) is 37.7 Å². The first-order valence-electron chi connectivity index (χ1n) is 6.19. The number of anilines is 1. The highest BCUT2D eigenvalue weighted by atomic mass is 32.2. The standard InChI is InChI=1S/C13H16F3NOS/c1-8-11(3-2-6-19-8)17-9-4-5-12(10(14)7-9)18-13(15)16/h4-5,7-8,11,13,17H,2-3,6H2,1H3. The summed E-state index contributed by atoms with van der Waals surface area (Å²) >= 11 is 1.88. The molecular formula is C13H16F3NOS. The van der Waals surface area contributed by atoms with Gasteiger partial charge < -0.3 is 10.1 Å². The smallest absolute Gasteiger partial charge is 0.387 e. The second-order valence-electron chi connectivity index (χ2n) is 4.49. The maximum Gasteiger partial charge on any atom is 0.387 e. The Morgan fingerprint density at radius 1 is 1.42 bits per heavy atom. The predicted octanol–water partition coefficient (Wildman–Crippen LogP) is 4.12. The van der Waals surface area contributed by atoms with Gasteiger partial charge in [0.2, 0.25) is 0 Å². The summed E-state index contributed by atoms with van der Waals surface area (Å²) in [6, 6.07) is 4.26. The maximum absolute atomic E-state index is 13.6. The molecular weight excluding hydrogens is 275 g/mol. The van der Waals surface area contributed by atoms with Crippen LogP contribution in [0.1, 0.15) is 19.8 Å². The summed E-state index contributed by atoms with van der Waals surface area (Å²) in [6.07, 6.45) is 2.16. The molecule has 2 nitrogen and oxygen atoms in total. The second kappa shape index (κ2) is 6.41. The SMILES string of the molecule is CC1SCCCC1Nc1ccc(OC(F)F)c(F)c1. The van der Waals surface area contributed by atoms with E-state index in [1.807, 2.05) is 11.8 Å². The lowest BCUT2D eigenvalue weighted by molar-refractivity contribution is -0.0521. The molecule has 1 aliphatic heterocycles. The number of alkyl halides is 2. The van der Waals surface area contributed by atoms with Gasteiger partial charge in [0.15, 0.2) is 11.6 Å². The van der Waals surface area contributed by atoms with Crippen LogP contribution in [0.3, 0.4) is 0 Å². The van der Waals surface area contributed by atoms with Crippen LogP contribution >= 0.6 is 11.8 Å². The number of hydrogen-bond donors (Lipinski definition) is 1. The molecule has 1 aliphatic rings. The topological polar surface area (TPSA) is 21.3 Å². The Labute approximate surface area is 114 Å². The quantitative estimate of drug-likeness (QED) is 0.901. The van der Waals surface area contributed by atoms with Gasteiger partial charge in [-0.3, -0.25) is 0 Å². The first-order valence-corrected chi connectivity index (χ1v) is 7.23. The third-order valence-electron chi connectivity index (χ3n) is 3.11. The van der Waals surface area contributed by atoms with Crippen LogP contribution in [0.4, 0.5) is 18.9 Å². The molecule has 2 unspecified atom stereocenters. The molecule has 1 fully saturated rings. The van der Waals surface area contributed by atoms with Crippen molar-refractivity contribution >= 4 is 17.4 Å². The fourth-order valence-electron chi connectivity index (χ4n) is 2.11. The van der Waals surface area contributed by atoms with E-state index in [4.69, 9.17) is 0 Å². The van der Waals surface area contributed by atoms with Crippen molar-refractivity contribution in [1.29, 1.82) is 0 Å². The number of ether oxygens (including phenoxy) is 1. The van der Waals surface area contributed by atoms with Gasteiger partial charge in [0.1, 0.15) is 0 Å². The number of thioether (sulfide) groups is 1. The van der Waals surface area contributed by atoms with E-state index in [0.29, 0.717) is 10.9 Å². The fourth-order valence-corrected chi connectivity index (χ4v) is 3.25. The molecule has 1 aromatic carbocycles. The predicted molar refractivity (Wildman–Crippen MR) is 71.6 cm³/mol. The molecule has 19 heavy (non-hydrogen) atoms. The molecule has 0 aliphatic carbocycles. The lowest BCUT2D eigenvalue weighted by Gasteiger charge is -2.30. The molecule has 2 rings (SSSR count). The van der Waals surface area contributed by atoms with E-state index in [0.717, 1.165) is 18.6 Å². The largest absolute Gasteiger partial charge is 0.432 e. The molecule has 6 heteroatoms. The highest BCUT2D eigenvalue weighted by molar-refractivity contribution is 8.00. The van der Waals surface area contributed by atoms with Gasteiger partial charge in [-0.15, -0.1) is 0 Å². The van der Waals surface area contributed by atoms with Crippen LogP contribution in [0.5, 0.6) is 5.75 Å². The van der Waals surface area contributed by atoms with Gasteiger partial charge in [-0.1, -0.05) is 6.92 Å². The number of benzene rings is 1. The Kier molecular flexibility index (Phi) is 4.85. The van der Waals surface area contributed by atoms with Crippen molar-refractivity contribution in [2.24, 2.45) is 0 Å². The minimum Gasteiger partial charge on any atom is -0.432 e. The first-order chi connectivity index (χ1) is 9.06. The van der Waals surface area contributed by atoms with E-state index in [-0.39, 0.29) is 6.04 Å². The zero-order chi connectivity index (χ0) is 13.8. The van der Waals surface area contributed by atoms with E-state index >= 15 is 0 Å². The van der Waals surface area contributed by atoms with Crippen LogP contribution in [-0.2, 0) is 0 Å². The number of hydrogen-bond acceptors (Lipinski definition) is 3. The summed E-state index contributed by atoms with van der Waals surface area (Å²) in [4.78, 5) is 0. The average molecular weight is 291 g/mol. The molecule has 1 saturated heterocycles. The number of nitrogens with one attached hydrogen (secondary N) is 1. The molecule has 0 spiro atoms. The molecule has 2 atom stereocenters.